The fourth-order valence-electron chi connectivity index (χ4n) is 2.91. The lowest BCUT2D eigenvalue weighted by atomic mass is 10.2. The smallest absolute Gasteiger partial charge is 0.256 e. The number of likely N-dealkylation sites (tertiary alicyclic amines) is 1. The molecule has 8 nitrogen and oxygen atoms in total. The second kappa shape index (κ2) is 7.60. The fourth-order valence-corrected chi connectivity index (χ4v) is 2.91. The molecule has 0 radical (unpaired) electrons. The molecular formula is C17H23N5O3. The number of hydrogen-bond acceptors (Lipinski definition) is 7. The number of anilines is 1. The van der Waals surface area contributed by atoms with Gasteiger partial charge < -0.3 is 19.1 Å². The molecule has 3 heterocycles. The highest BCUT2D eigenvalue weighted by atomic mass is 16.5. The Balaban J connectivity index is 1.74. The van der Waals surface area contributed by atoms with E-state index in [-0.39, 0.29) is 11.9 Å². The summed E-state index contributed by atoms with van der Waals surface area (Å²) in [6.07, 6.45) is 3.94. The van der Waals surface area contributed by atoms with E-state index in [0.29, 0.717) is 36.9 Å². The van der Waals surface area contributed by atoms with Crippen LogP contribution in [0.4, 0.5) is 5.82 Å². The van der Waals surface area contributed by atoms with Crippen LogP contribution in [0.1, 0.15) is 41.0 Å². The van der Waals surface area contributed by atoms with Gasteiger partial charge in [-0.15, -0.1) is 0 Å². The van der Waals surface area contributed by atoms with Gasteiger partial charge in [0.05, 0.1) is 12.2 Å². The Bertz CT molecular complexity index is 713. The summed E-state index contributed by atoms with van der Waals surface area (Å²) in [6.45, 7) is 1.21. The maximum Gasteiger partial charge on any atom is 0.256 e. The molecule has 1 fully saturated rings. The standard InChI is InChI=1S/C17H23N5O3/c1-21(2)15-7-6-12(11-18-15)17(23)22-9-4-5-13(22)16-19-14(20-25-16)8-10-24-3/h6-7,11,13H,4-5,8-10H2,1-3H3/t13-/m0/s1. The van der Waals surface area contributed by atoms with E-state index >= 15 is 0 Å². The van der Waals surface area contributed by atoms with Gasteiger partial charge in [0.15, 0.2) is 5.82 Å². The van der Waals surface area contributed by atoms with Crippen LogP contribution in [0.5, 0.6) is 0 Å². The number of carbonyl (C=O) groups excluding carboxylic acids is 1. The van der Waals surface area contributed by atoms with Crippen molar-refractivity contribution in [2.75, 3.05) is 39.3 Å². The molecule has 3 rings (SSSR count). The summed E-state index contributed by atoms with van der Waals surface area (Å²) in [5.74, 6) is 1.86. The normalized spacial score (nSPS) is 17.1. The van der Waals surface area contributed by atoms with Gasteiger partial charge in [-0.05, 0) is 25.0 Å². The Morgan fingerprint density at radius 2 is 2.28 bits per heavy atom. The molecule has 134 valence electrons. The van der Waals surface area contributed by atoms with Gasteiger partial charge >= 0.3 is 0 Å². The van der Waals surface area contributed by atoms with Crippen LogP contribution in [0.2, 0.25) is 0 Å². The number of carbonyl (C=O) groups is 1. The number of methoxy groups -OCH3 is 1. The summed E-state index contributed by atoms with van der Waals surface area (Å²) in [5.41, 5.74) is 0.566. The van der Waals surface area contributed by atoms with Crippen LogP contribution >= 0.6 is 0 Å². The highest BCUT2D eigenvalue weighted by molar-refractivity contribution is 5.94. The van der Waals surface area contributed by atoms with Gasteiger partial charge in [-0.25, -0.2) is 4.98 Å². The average Bonchev–Trinajstić information content (AvgIpc) is 3.28. The van der Waals surface area contributed by atoms with E-state index in [2.05, 4.69) is 15.1 Å². The molecule has 1 aliphatic rings. The van der Waals surface area contributed by atoms with E-state index in [1.54, 1.807) is 24.3 Å². The minimum atomic E-state index is -0.176. The van der Waals surface area contributed by atoms with Crippen molar-refractivity contribution in [2.24, 2.45) is 0 Å². The van der Waals surface area contributed by atoms with E-state index in [4.69, 9.17) is 9.26 Å². The number of amides is 1. The first-order chi connectivity index (χ1) is 12.1. The monoisotopic (exact) mass is 345 g/mol. The topological polar surface area (TPSA) is 84.6 Å². The number of rotatable bonds is 6. The average molecular weight is 345 g/mol. The van der Waals surface area contributed by atoms with Crippen LogP contribution in [-0.2, 0) is 11.2 Å². The van der Waals surface area contributed by atoms with Crippen molar-refractivity contribution in [2.45, 2.75) is 25.3 Å². The van der Waals surface area contributed by atoms with Crippen LogP contribution in [0.25, 0.3) is 0 Å². The zero-order valence-electron chi connectivity index (χ0n) is 14.8. The van der Waals surface area contributed by atoms with Gasteiger partial charge in [0.25, 0.3) is 5.91 Å². The van der Waals surface area contributed by atoms with Crippen molar-refractivity contribution in [3.8, 4) is 0 Å². The maximum atomic E-state index is 12.9. The molecule has 0 unspecified atom stereocenters. The lowest BCUT2D eigenvalue weighted by molar-refractivity contribution is 0.0709. The Hall–Kier alpha value is -2.48. The molecule has 25 heavy (non-hydrogen) atoms. The first-order valence-electron chi connectivity index (χ1n) is 8.36. The van der Waals surface area contributed by atoms with Crippen LogP contribution < -0.4 is 4.90 Å². The minimum absolute atomic E-state index is 0.0584. The van der Waals surface area contributed by atoms with Crippen molar-refractivity contribution in [3.63, 3.8) is 0 Å². The predicted octanol–water partition coefficient (Wildman–Crippen LogP) is 1.70. The van der Waals surface area contributed by atoms with Crippen molar-refractivity contribution in [3.05, 3.63) is 35.6 Å². The first kappa shape index (κ1) is 17.3. The molecule has 8 heteroatoms. The quantitative estimate of drug-likeness (QED) is 0.787. The Morgan fingerprint density at radius 3 is 2.96 bits per heavy atom. The predicted molar refractivity (Wildman–Crippen MR) is 91.5 cm³/mol. The van der Waals surface area contributed by atoms with E-state index in [0.717, 1.165) is 18.7 Å². The summed E-state index contributed by atoms with van der Waals surface area (Å²) in [4.78, 5) is 25.3. The summed E-state index contributed by atoms with van der Waals surface area (Å²) in [5, 5.41) is 3.97. The molecule has 0 aromatic carbocycles. The number of pyridine rings is 1. The number of ether oxygens (including phenoxy) is 1. The molecule has 2 aromatic rings. The molecule has 0 aliphatic carbocycles. The van der Waals surface area contributed by atoms with Crippen LogP contribution in [-0.4, -0.2) is 60.3 Å². The van der Waals surface area contributed by atoms with E-state index in [9.17, 15) is 4.79 Å². The van der Waals surface area contributed by atoms with Crippen LogP contribution in [0.3, 0.4) is 0 Å². The van der Waals surface area contributed by atoms with Crippen LogP contribution in [0, 0.1) is 0 Å². The van der Waals surface area contributed by atoms with E-state index < -0.39 is 0 Å². The third-order valence-electron chi connectivity index (χ3n) is 4.27. The van der Waals surface area contributed by atoms with E-state index in [1.165, 1.54) is 0 Å². The Kier molecular flexibility index (Phi) is 5.28. The molecule has 1 aliphatic heterocycles. The van der Waals surface area contributed by atoms with Gasteiger partial charge in [0.1, 0.15) is 11.9 Å². The van der Waals surface area contributed by atoms with Crippen LogP contribution in [0.15, 0.2) is 22.9 Å². The zero-order valence-corrected chi connectivity index (χ0v) is 14.8. The van der Waals surface area contributed by atoms with Gasteiger partial charge in [0.2, 0.25) is 5.89 Å². The molecule has 0 N–H and O–H groups in total. The second-order valence-corrected chi connectivity index (χ2v) is 6.25. The molecule has 0 saturated carbocycles. The zero-order chi connectivity index (χ0) is 17.8. The highest BCUT2D eigenvalue weighted by Crippen LogP contribution is 2.32. The second-order valence-electron chi connectivity index (χ2n) is 6.25. The number of hydrogen-bond donors (Lipinski definition) is 0. The molecule has 1 atom stereocenters. The van der Waals surface area contributed by atoms with Crippen molar-refractivity contribution < 1.29 is 14.1 Å². The summed E-state index contributed by atoms with van der Waals surface area (Å²) < 4.78 is 10.4. The SMILES string of the molecule is COCCc1noc([C@@H]2CCCN2C(=O)c2ccc(N(C)C)nc2)n1. The van der Waals surface area contributed by atoms with Crippen molar-refractivity contribution >= 4 is 11.7 Å². The molecule has 0 bridgehead atoms. The van der Waals surface area contributed by atoms with Gasteiger partial charge in [-0.1, -0.05) is 5.16 Å². The Morgan fingerprint density at radius 1 is 1.44 bits per heavy atom. The lowest BCUT2D eigenvalue weighted by Gasteiger charge is -2.22. The largest absolute Gasteiger partial charge is 0.384 e. The summed E-state index contributed by atoms with van der Waals surface area (Å²) in [7, 11) is 5.46. The molecule has 1 saturated heterocycles. The minimum Gasteiger partial charge on any atom is -0.384 e. The first-order valence-corrected chi connectivity index (χ1v) is 8.36. The molecule has 0 spiro atoms. The molecule has 1 amide bonds. The number of aromatic nitrogens is 3. The van der Waals surface area contributed by atoms with Crippen molar-refractivity contribution in [1.82, 2.24) is 20.0 Å². The third-order valence-corrected chi connectivity index (χ3v) is 4.27. The lowest BCUT2D eigenvalue weighted by Crippen LogP contribution is -2.31. The fraction of sp³-hybridized carbons (Fsp3) is 0.529. The summed E-state index contributed by atoms with van der Waals surface area (Å²) in [6, 6.07) is 3.47. The van der Waals surface area contributed by atoms with E-state index in [1.807, 2.05) is 25.1 Å². The van der Waals surface area contributed by atoms with Crippen molar-refractivity contribution in [1.29, 1.82) is 0 Å². The summed E-state index contributed by atoms with van der Waals surface area (Å²) >= 11 is 0. The van der Waals surface area contributed by atoms with Gasteiger partial charge in [-0.3, -0.25) is 4.79 Å². The molecular weight excluding hydrogens is 322 g/mol. The molecule has 2 aromatic heterocycles. The highest BCUT2D eigenvalue weighted by Gasteiger charge is 2.34. The van der Waals surface area contributed by atoms with Gasteiger partial charge in [0, 0.05) is 40.4 Å². The van der Waals surface area contributed by atoms with Gasteiger partial charge in [-0.2, -0.15) is 4.98 Å². The maximum absolute atomic E-state index is 12.9. The Labute approximate surface area is 146 Å². The third kappa shape index (κ3) is 3.79. The number of nitrogens with zero attached hydrogens (tertiary/aromatic N) is 5.